The molecule has 2 aromatic heterocycles. The number of fused-ring (bicyclic) bond motifs is 1. The van der Waals surface area contributed by atoms with Crippen molar-refractivity contribution in [2.45, 2.75) is 25.8 Å². The van der Waals surface area contributed by atoms with Gasteiger partial charge in [0.25, 0.3) is 0 Å². The summed E-state index contributed by atoms with van der Waals surface area (Å²) in [5.74, 6) is 1.54. The molecular formula is C22H23Cl2N7. The number of hydrogen-bond acceptors (Lipinski definition) is 7. The first-order valence-corrected chi connectivity index (χ1v) is 11.3. The van der Waals surface area contributed by atoms with Crippen molar-refractivity contribution in [2.24, 2.45) is 0 Å². The van der Waals surface area contributed by atoms with Crippen LogP contribution in [0.2, 0.25) is 10.0 Å². The van der Waals surface area contributed by atoms with Gasteiger partial charge in [-0.1, -0.05) is 29.3 Å². The van der Waals surface area contributed by atoms with E-state index in [4.69, 9.17) is 23.2 Å². The van der Waals surface area contributed by atoms with Crippen molar-refractivity contribution in [3.8, 4) is 11.3 Å². The van der Waals surface area contributed by atoms with Crippen LogP contribution in [-0.4, -0.2) is 46.3 Å². The van der Waals surface area contributed by atoms with E-state index < -0.39 is 0 Å². The highest BCUT2D eigenvalue weighted by Crippen LogP contribution is 2.34. The van der Waals surface area contributed by atoms with Crippen LogP contribution in [0.5, 0.6) is 0 Å². The summed E-state index contributed by atoms with van der Waals surface area (Å²) in [6, 6.07) is 7.61. The second-order valence-electron chi connectivity index (χ2n) is 7.83. The molecule has 160 valence electrons. The lowest BCUT2D eigenvalue weighted by Gasteiger charge is -2.31. The first-order chi connectivity index (χ1) is 15.2. The Morgan fingerprint density at radius 2 is 1.68 bits per heavy atom. The van der Waals surface area contributed by atoms with Crippen molar-refractivity contribution in [1.82, 2.24) is 20.2 Å². The van der Waals surface area contributed by atoms with Gasteiger partial charge in [0.2, 0.25) is 5.95 Å². The highest BCUT2D eigenvalue weighted by molar-refractivity contribution is 6.36. The average molecular weight is 456 g/mol. The fourth-order valence-corrected chi connectivity index (χ4v) is 4.59. The van der Waals surface area contributed by atoms with E-state index >= 15 is 0 Å². The Morgan fingerprint density at radius 1 is 0.935 bits per heavy atom. The Hall–Kier alpha value is -2.64. The van der Waals surface area contributed by atoms with Crippen LogP contribution in [0.15, 0.2) is 36.7 Å². The molecule has 3 aromatic rings. The molecule has 0 atom stereocenters. The summed E-state index contributed by atoms with van der Waals surface area (Å²) >= 11 is 12.8. The lowest BCUT2D eigenvalue weighted by Crippen LogP contribution is -2.34. The van der Waals surface area contributed by atoms with Gasteiger partial charge in [-0.05, 0) is 37.5 Å². The van der Waals surface area contributed by atoms with E-state index in [0.717, 1.165) is 60.5 Å². The van der Waals surface area contributed by atoms with Crippen LogP contribution in [0.4, 0.5) is 17.5 Å². The van der Waals surface area contributed by atoms with Crippen LogP contribution in [0.25, 0.3) is 11.3 Å². The Balaban J connectivity index is 1.42. The van der Waals surface area contributed by atoms with E-state index in [1.54, 1.807) is 0 Å². The topological polar surface area (TPSA) is 70.1 Å². The largest absolute Gasteiger partial charge is 0.365 e. The van der Waals surface area contributed by atoms with Crippen molar-refractivity contribution in [3.05, 3.63) is 52.3 Å². The summed E-state index contributed by atoms with van der Waals surface area (Å²) in [6.45, 7) is 4.22. The Bertz CT molecular complexity index is 1050. The maximum Gasteiger partial charge on any atom is 0.225 e. The smallest absolute Gasteiger partial charge is 0.225 e. The Kier molecular flexibility index (Phi) is 5.78. The number of nitrogens with zero attached hydrogens (tertiary/aromatic N) is 6. The molecule has 5 rings (SSSR count). The average Bonchev–Trinajstić information content (AvgIpc) is 2.82. The fourth-order valence-electron chi connectivity index (χ4n) is 4.07. The minimum Gasteiger partial charge on any atom is -0.365 e. The molecular weight excluding hydrogens is 433 g/mol. The lowest BCUT2D eigenvalue weighted by molar-refractivity contribution is 0.568. The first-order valence-electron chi connectivity index (χ1n) is 10.6. The summed E-state index contributed by atoms with van der Waals surface area (Å²) in [4.78, 5) is 13.6. The second kappa shape index (κ2) is 8.85. The SMILES string of the molecule is Clc1cccc(Cl)c1CN1CCNc2nnc(-c3cnc(N4CCCCC4)nc3)cc21. The van der Waals surface area contributed by atoms with Crippen molar-refractivity contribution in [3.63, 3.8) is 0 Å². The minimum absolute atomic E-state index is 0.600. The molecule has 7 nitrogen and oxygen atoms in total. The van der Waals surface area contributed by atoms with Crippen LogP contribution in [0.3, 0.4) is 0 Å². The molecule has 2 aliphatic rings. The molecule has 0 aliphatic carbocycles. The highest BCUT2D eigenvalue weighted by Gasteiger charge is 2.22. The maximum absolute atomic E-state index is 6.41. The quantitative estimate of drug-likeness (QED) is 0.612. The number of aromatic nitrogens is 4. The van der Waals surface area contributed by atoms with Gasteiger partial charge in [0.05, 0.1) is 11.4 Å². The molecule has 9 heteroatoms. The lowest BCUT2D eigenvalue weighted by atomic mass is 10.1. The molecule has 4 heterocycles. The summed E-state index contributed by atoms with van der Waals surface area (Å²) in [5.41, 5.74) is 3.46. The minimum atomic E-state index is 0.600. The summed E-state index contributed by atoms with van der Waals surface area (Å²) in [5, 5.41) is 13.5. The number of halogens is 2. The summed E-state index contributed by atoms with van der Waals surface area (Å²) < 4.78 is 0. The zero-order chi connectivity index (χ0) is 21.2. The Morgan fingerprint density at radius 3 is 2.42 bits per heavy atom. The molecule has 1 fully saturated rings. The predicted molar refractivity (Wildman–Crippen MR) is 125 cm³/mol. The van der Waals surface area contributed by atoms with Gasteiger partial charge in [-0.15, -0.1) is 10.2 Å². The monoisotopic (exact) mass is 455 g/mol. The van der Waals surface area contributed by atoms with Gasteiger partial charge in [0.1, 0.15) is 0 Å². The van der Waals surface area contributed by atoms with Crippen molar-refractivity contribution in [2.75, 3.05) is 41.3 Å². The number of anilines is 3. The molecule has 0 unspecified atom stereocenters. The number of hydrogen-bond donors (Lipinski definition) is 1. The van der Waals surface area contributed by atoms with Gasteiger partial charge in [-0.3, -0.25) is 0 Å². The van der Waals surface area contributed by atoms with Gasteiger partial charge in [-0.25, -0.2) is 9.97 Å². The van der Waals surface area contributed by atoms with Gasteiger partial charge >= 0.3 is 0 Å². The maximum atomic E-state index is 6.41. The molecule has 31 heavy (non-hydrogen) atoms. The third-order valence-electron chi connectivity index (χ3n) is 5.77. The van der Waals surface area contributed by atoms with Crippen LogP contribution < -0.4 is 15.1 Å². The van der Waals surface area contributed by atoms with Gasteiger partial charge in [-0.2, -0.15) is 0 Å². The molecule has 0 amide bonds. The van der Waals surface area contributed by atoms with Gasteiger partial charge in [0.15, 0.2) is 5.82 Å². The molecule has 1 saturated heterocycles. The summed E-state index contributed by atoms with van der Waals surface area (Å²) in [6.07, 6.45) is 7.33. The fraction of sp³-hybridized carbons (Fsp3) is 0.364. The van der Waals surface area contributed by atoms with E-state index in [1.807, 2.05) is 36.7 Å². The van der Waals surface area contributed by atoms with Crippen molar-refractivity contribution >= 4 is 40.7 Å². The molecule has 2 aliphatic heterocycles. The first kappa shape index (κ1) is 20.3. The molecule has 0 radical (unpaired) electrons. The normalized spacial score (nSPS) is 16.1. The second-order valence-corrected chi connectivity index (χ2v) is 8.65. The van der Waals surface area contributed by atoms with Crippen LogP contribution in [-0.2, 0) is 6.54 Å². The molecule has 0 bridgehead atoms. The number of nitrogens with one attached hydrogen (secondary N) is 1. The molecule has 0 saturated carbocycles. The van der Waals surface area contributed by atoms with E-state index in [1.165, 1.54) is 19.3 Å². The Labute approximate surface area is 191 Å². The number of piperidine rings is 1. The third kappa shape index (κ3) is 4.25. The molecule has 0 spiro atoms. The zero-order valence-electron chi connectivity index (χ0n) is 17.1. The predicted octanol–water partition coefficient (Wildman–Crippen LogP) is 4.66. The van der Waals surface area contributed by atoms with Crippen molar-refractivity contribution < 1.29 is 0 Å². The van der Waals surface area contributed by atoms with Crippen LogP contribution >= 0.6 is 23.2 Å². The molecule has 1 aromatic carbocycles. The third-order valence-corrected chi connectivity index (χ3v) is 6.48. The highest BCUT2D eigenvalue weighted by atomic mass is 35.5. The number of rotatable bonds is 4. The van der Waals surface area contributed by atoms with E-state index in [9.17, 15) is 0 Å². The standard InChI is InChI=1S/C22H23Cl2N7/c23-17-5-4-6-18(24)16(17)14-31-10-7-25-21-20(31)11-19(28-29-21)15-12-26-22(27-13-15)30-8-2-1-3-9-30/h4-6,11-13H,1-3,7-10,14H2,(H,25,29). The van der Waals surface area contributed by atoms with E-state index in [-0.39, 0.29) is 0 Å². The van der Waals surface area contributed by atoms with E-state index in [0.29, 0.717) is 16.6 Å². The molecule has 1 N–H and O–H groups in total. The van der Waals surface area contributed by atoms with E-state index in [2.05, 4.69) is 35.3 Å². The van der Waals surface area contributed by atoms with Gasteiger partial charge < -0.3 is 15.1 Å². The zero-order valence-corrected chi connectivity index (χ0v) is 18.6. The van der Waals surface area contributed by atoms with Gasteiger partial charge in [0, 0.05) is 66.3 Å². The number of benzene rings is 1. The summed E-state index contributed by atoms with van der Waals surface area (Å²) in [7, 11) is 0. The van der Waals surface area contributed by atoms with Crippen molar-refractivity contribution in [1.29, 1.82) is 0 Å². The van der Waals surface area contributed by atoms with Crippen LogP contribution in [0, 0.1) is 0 Å². The van der Waals surface area contributed by atoms with Crippen LogP contribution in [0.1, 0.15) is 24.8 Å².